The fourth-order valence-corrected chi connectivity index (χ4v) is 7.20. The van der Waals surface area contributed by atoms with E-state index in [2.05, 4.69) is 19.6 Å². The first-order valence-corrected chi connectivity index (χ1v) is 11.6. The van der Waals surface area contributed by atoms with Gasteiger partial charge in [-0.1, -0.05) is 30.3 Å². The lowest BCUT2D eigenvalue weighted by atomic mass is 10.2. The fraction of sp³-hybridized carbons (Fsp3) is 0.308. The molecule has 0 amide bonds. The van der Waals surface area contributed by atoms with Gasteiger partial charge in [-0.15, -0.1) is 0 Å². The van der Waals surface area contributed by atoms with Gasteiger partial charge in [-0.2, -0.15) is 0 Å². The van der Waals surface area contributed by atoms with E-state index in [1.807, 2.05) is 36.9 Å². The molecule has 0 saturated carbocycles. The summed E-state index contributed by atoms with van der Waals surface area (Å²) in [4.78, 5) is 11.3. The average molecular weight is 280 g/mol. The molecule has 1 aromatic carbocycles. The van der Waals surface area contributed by atoms with Gasteiger partial charge in [0.05, 0.1) is 0 Å². The van der Waals surface area contributed by atoms with Crippen LogP contribution in [0.1, 0.15) is 5.56 Å². The molecular formula is C13H20O3Si2. The second-order valence-electron chi connectivity index (χ2n) is 5.19. The van der Waals surface area contributed by atoms with Crippen molar-refractivity contribution >= 4 is 29.4 Å². The van der Waals surface area contributed by atoms with Gasteiger partial charge in [0, 0.05) is 5.20 Å². The number of aliphatic carboxylic acids is 1. The van der Waals surface area contributed by atoms with E-state index in [4.69, 9.17) is 4.12 Å². The number of carboxylic acids is 1. The van der Waals surface area contributed by atoms with Gasteiger partial charge in [-0.3, -0.25) is 0 Å². The molecule has 98 valence electrons. The van der Waals surface area contributed by atoms with Crippen molar-refractivity contribution in [1.82, 2.24) is 0 Å². The molecule has 0 aliphatic rings. The highest BCUT2D eigenvalue weighted by Gasteiger charge is 2.25. The molecule has 1 aromatic rings. The minimum absolute atomic E-state index is 0.434. The number of carboxylic acid groups (broad SMARTS) is 1. The Labute approximate surface area is 111 Å². The van der Waals surface area contributed by atoms with Crippen LogP contribution in [0.2, 0.25) is 26.2 Å². The van der Waals surface area contributed by atoms with Crippen molar-refractivity contribution in [2.24, 2.45) is 0 Å². The highest BCUT2D eigenvalue weighted by Crippen LogP contribution is 2.14. The van der Waals surface area contributed by atoms with E-state index >= 15 is 0 Å². The number of benzene rings is 1. The second kappa shape index (κ2) is 6.13. The van der Waals surface area contributed by atoms with Crippen LogP contribution in [0, 0.1) is 0 Å². The van der Waals surface area contributed by atoms with Gasteiger partial charge in [0.2, 0.25) is 9.04 Å². The second-order valence-corrected chi connectivity index (χ2v) is 12.3. The van der Waals surface area contributed by atoms with E-state index in [0.717, 1.165) is 5.56 Å². The van der Waals surface area contributed by atoms with E-state index in [-0.39, 0.29) is 0 Å². The van der Waals surface area contributed by atoms with E-state index in [1.165, 1.54) is 0 Å². The highest BCUT2D eigenvalue weighted by molar-refractivity contribution is 6.81. The molecule has 0 aliphatic carbocycles. The van der Waals surface area contributed by atoms with Crippen molar-refractivity contribution in [3.8, 4) is 0 Å². The van der Waals surface area contributed by atoms with Crippen LogP contribution in [0.25, 0.3) is 6.08 Å². The molecular weight excluding hydrogens is 260 g/mol. The summed E-state index contributed by atoms with van der Waals surface area (Å²) in [6.45, 7) is 8.18. The zero-order valence-electron chi connectivity index (χ0n) is 11.3. The van der Waals surface area contributed by atoms with Gasteiger partial charge >= 0.3 is 5.97 Å². The Balaban J connectivity index is 2.97. The van der Waals surface area contributed by atoms with Crippen LogP contribution >= 0.6 is 0 Å². The van der Waals surface area contributed by atoms with Gasteiger partial charge in [0.15, 0.2) is 8.32 Å². The Kier molecular flexibility index (Phi) is 5.07. The Morgan fingerprint density at radius 2 is 1.83 bits per heavy atom. The molecule has 0 saturated heterocycles. The van der Waals surface area contributed by atoms with Crippen LogP contribution in [0.15, 0.2) is 35.5 Å². The minimum Gasteiger partial charge on any atom is -0.478 e. The Morgan fingerprint density at radius 3 is 2.28 bits per heavy atom. The number of hydrogen-bond donors (Lipinski definition) is 1. The molecule has 1 rings (SSSR count). The third kappa shape index (κ3) is 4.99. The van der Waals surface area contributed by atoms with Crippen molar-refractivity contribution < 1.29 is 14.0 Å². The van der Waals surface area contributed by atoms with Crippen LogP contribution in [0.3, 0.4) is 0 Å². The van der Waals surface area contributed by atoms with E-state index in [0.29, 0.717) is 5.20 Å². The SMILES string of the molecule is C[SiH](O[Si](C)(C)C)C(=Cc1ccccc1)C(=O)O. The van der Waals surface area contributed by atoms with Crippen LogP contribution in [0.5, 0.6) is 0 Å². The molecule has 0 aromatic heterocycles. The molecule has 1 atom stereocenters. The molecule has 18 heavy (non-hydrogen) atoms. The van der Waals surface area contributed by atoms with Gasteiger partial charge in [-0.05, 0) is 37.8 Å². The Morgan fingerprint density at radius 1 is 1.28 bits per heavy atom. The van der Waals surface area contributed by atoms with Crippen LogP contribution < -0.4 is 0 Å². The zero-order valence-corrected chi connectivity index (χ0v) is 13.5. The smallest absolute Gasteiger partial charge is 0.329 e. The third-order valence-electron chi connectivity index (χ3n) is 2.34. The van der Waals surface area contributed by atoms with Crippen molar-refractivity contribution in [3.63, 3.8) is 0 Å². The standard InChI is InChI=1S/C13H20O3Si2/c1-17(16-18(2,3)4)12(13(14)15)10-11-8-6-5-7-9-11/h5-10,17H,1-4H3,(H,14,15). The molecule has 3 nitrogen and oxygen atoms in total. The molecule has 1 N–H and O–H groups in total. The van der Waals surface area contributed by atoms with Gasteiger partial charge in [-0.25, -0.2) is 4.79 Å². The van der Waals surface area contributed by atoms with E-state index in [9.17, 15) is 9.90 Å². The maximum Gasteiger partial charge on any atom is 0.329 e. The van der Waals surface area contributed by atoms with Crippen LogP contribution in [0.4, 0.5) is 0 Å². The summed E-state index contributed by atoms with van der Waals surface area (Å²) in [6, 6.07) is 9.52. The van der Waals surface area contributed by atoms with Crippen molar-refractivity contribution in [2.75, 3.05) is 0 Å². The van der Waals surface area contributed by atoms with Crippen LogP contribution in [-0.2, 0) is 8.91 Å². The number of hydrogen-bond acceptors (Lipinski definition) is 2. The van der Waals surface area contributed by atoms with E-state index in [1.54, 1.807) is 6.08 Å². The Hall–Kier alpha value is -1.18. The normalized spacial score (nSPS) is 14.3. The quantitative estimate of drug-likeness (QED) is 0.666. The van der Waals surface area contributed by atoms with Gasteiger partial charge in [0.25, 0.3) is 0 Å². The first-order valence-electron chi connectivity index (χ1n) is 5.97. The molecule has 5 heteroatoms. The molecule has 0 radical (unpaired) electrons. The topological polar surface area (TPSA) is 46.5 Å². The lowest BCUT2D eigenvalue weighted by Crippen LogP contribution is -2.36. The highest BCUT2D eigenvalue weighted by atomic mass is 28.4. The van der Waals surface area contributed by atoms with Gasteiger partial charge in [0.1, 0.15) is 0 Å². The molecule has 1 unspecified atom stereocenters. The summed E-state index contributed by atoms with van der Waals surface area (Å²) in [6.07, 6.45) is 1.74. The van der Waals surface area contributed by atoms with Crippen molar-refractivity contribution in [2.45, 2.75) is 26.2 Å². The monoisotopic (exact) mass is 280 g/mol. The molecule has 0 heterocycles. The predicted molar refractivity (Wildman–Crippen MR) is 79.5 cm³/mol. The zero-order chi connectivity index (χ0) is 13.8. The number of rotatable bonds is 5. The molecule has 0 aliphatic heterocycles. The van der Waals surface area contributed by atoms with E-state index < -0.39 is 23.3 Å². The minimum atomic E-state index is -1.85. The average Bonchev–Trinajstić information content (AvgIpc) is 2.24. The maximum atomic E-state index is 11.3. The number of carbonyl (C=O) groups is 1. The largest absolute Gasteiger partial charge is 0.478 e. The Bertz CT molecular complexity index is 435. The summed E-state index contributed by atoms with van der Waals surface area (Å²) >= 11 is 0. The summed E-state index contributed by atoms with van der Waals surface area (Å²) in [5.74, 6) is -0.865. The lowest BCUT2D eigenvalue weighted by Gasteiger charge is -2.23. The first-order chi connectivity index (χ1) is 8.29. The lowest BCUT2D eigenvalue weighted by molar-refractivity contribution is -0.131. The fourth-order valence-electron chi connectivity index (χ4n) is 1.68. The first kappa shape index (κ1) is 14.9. The van der Waals surface area contributed by atoms with Crippen molar-refractivity contribution in [1.29, 1.82) is 0 Å². The molecule has 0 fully saturated rings. The molecule has 0 spiro atoms. The van der Waals surface area contributed by atoms with Crippen molar-refractivity contribution in [3.05, 3.63) is 41.1 Å². The third-order valence-corrected chi connectivity index (χ3v) is 7.87. The summed E-state index contributed by atoms with van der Waals surface area (Å²) < 4.78 is 5.96. The van der Waals surface area contributed by atoms with Crippen LogP contribution in [-0.4, -0.2) is 28.4 Å². The maximum absolute atomic E-state index is 11.3. The summed E-state index contributed by atoms with van der Waals surface area (Å²) in [5, 5.41) is 9.74. The summed E-state index contributed by atoms with van der Waals surface area (Å²) in [5.41, 5.74) is 0.911. The summed E-state index contributed by atoms with van der Waals surface area (Å²) in [7, 11) is -3.54. The molecule has 0 bridgehead atoms. The van der Waals surface area contributed by atoms with Gasteiger partial charge < -0.3 is 9.22 Å². The predicted octanol–water partition coefficient (Wildman–Crippen LogP) is 2.90.